The van der Waals surface area contributed by atoms with Gasteiger partial charge in [0, 0.05) is 5.56 Å². The van der Waals surface area contributed by atoms with E-state index in [2.05, 4.69) is 9.72 Å². The van der Waals surface area contributed by atoms with Crippen molar-refractivity contribution in [3.05, 3.63) is 41.5 Å². The molecule has 0 aliphatic heterocycles. The number of esters is 1. The first-order valence-corrected chi connectivity index (χ1v) is 7.75. The van der Waals surface area contributed by atoms with E-state index in [1.807, 2.05) is 0 Å². The first kappa shape index (κ1) is 20.0. The summed E-state index contributed by atoms with van der Waals surface area (Å²) < 4.78 is 54.9. The van der Waals surface area contributed by atoms with E-state index in [1.165, 1.54) is 25.3 Å². The van der Waals surface area contributed by atoms with Gasteiger partial charge >= 0.3 is 12.1 Å². The molecule has 9 heteroatoms. The summed E-state index contributed by atoms with van der Waals surface area (Å²) in [5.74, 6) is -0.861. The van der Waals surface area contributed by atoms with Gasteiger partial charge in [-0.05, 0) is 37.3 Å². The van der Waals surface area contributed by atoms with Crippen molar-refractivity contribution < 1.29 is 32.2 Å². The van der Waals surface area contributed by atoms with Crippen molar-refractivity contribution in [3.63, 3.8) is 0 Å². The van der Waals surface area contributed by atoms with Crippen molar-refractivity contribution in [1.29, 1.82) is 5.26 Å². The van der Waals surface area contributed by atoms with Crippen LogP contribution in [0.15, 0.2) is 30.3 Å². The number of carbonyl (C=O) groups excluding carboxylic acids is 1. The zero-order chi connectivity index (χ0) is 20.0. The van der Waals surface area contributed by atoms with Crippen LogP contribution in [0.5, 0.6) is 11.6 Å². The van der Waals surface area contributed by atoms with E-state index in [1.54, 1.807) is 19.1 Å². The van der Waals surface area contributed by atoms with Crippen LogP contribution in [-0.2, 0) is 15.7 Å². The Labute approximate surface area is 153 Å². The lowest BCUT2D eigenvalue weighted by Gasteiger charge is -2.15. The van der Waals surface area contributed by atoms with E-state index in [0.717, 1.165) is 6.07 Å². The van der Waals surface area contributed by atoms with E-state index in [4.69, 9.17) is 14.7 Å². The SMILES string of the molecule is CCOC(=O)COc1nc(-c2ccc(OC)cc2)cc(C(F)(F)F)c1C#N. The molecule has 0 radical (unpaired) electrons. The van der Waals surface area contributed by atoms with Gasteiger partial charge in [0.1, 0.15) is 17.4 Å². The van der Waals surface area contributed by atoms with Gasteiger partial charge in [-0.1, -0.05) is 0 Å². The van der Waals surface area contributed by atoms with Gasteiger partial charge in [0.2, 0.25) is 5.88 Å². The van der Waals surface area contributed by atoms with Gasteiger partial charge in [0.15, 0.2) is 6.61 Å². The Bertz CT molecular complexity index is 859. The minimum Gasteiger partial charge on any atom is -0.497 e. The van der Waals surface area contributed by atoms with Crippen LogP contribution in [0.2, 0.25) is 0 Å². The minimum absolute atomic E-state index is 0.0668. The number of rotatable bonds is 6. The molecule has 2 rings (SSSR count). The second-order valence-corrected chi connectivity index (χ2v) is 5.17. The van der Waals surface area contributed by atoms with E-state index >= 15 is 0 Å². The first-order valence-electron chi connectivity index (χ1n) is 7.75. The molecule has 2 aromatic rings. The Morgan fingerprint density at radius 1 is 1.26 bits per heavy atom. The minimum atomic E-state index is -4.81. The van der Waals surface area contributed by atoms with E-state index in [-0.39, 0.29) is 12.3 Å². The molecular formula is C18H15F3N2O4. The van der Waals surface area contributed by atoms with Crippen LogP contribution in [0.25, 0.3) is 11.3 Å². The Hall–Kier alpha value is -3.28. The van der Waals surface area contributed by atoms with Gasteiger partial charge in [-0.15, -0.1) is 0 Å². The molecule has 0 N–H and O–H groups in total. The maximum Gasteiger partial charge on any atom is 0.417 e. The third-order valence-corrected chi connectivity index (χ3v) is 3.42. The zero-order valence-corrected chi connectivity index (χ0v) is 14.5. The summed E-state index contributed by atoms with van der Waals surface area (Å²) in [6.07, 6.45) is -4.81. The summed E-state index contributed by atoms with van der Waals surface area (Å²) in [5.41, 5.74) is -1.72. The molecule has 0 spiro atoms. The Kier molecular flexibility index (Phi) is 6.23. The van der Waals surface area contributed by atoms with Gasteiger partial charge in [-0.3, -0.25) is 0 Å². The number of benzene rings is 1. The fraction of sp³-hybridized carbons (Fsp3) is 0.278. The number of hydrogen-bond acceptors (Lipinski definition) is 6. The lowest BCUT2D eigenvalue weighted by Crippen LogP contribution is -2.17. The summed E-state index contributed by atoms with van der Waals surface area (Å²) >= 11 is 0. The number of nitriles is 1. The molecule has 0 aliphatic carbocycles. The van der Waals surface area contributed by atoms with Crippen LogP contribution in [0.4, 0.5) is 13.2 Å². The van der Waals surface area contributed by atoms with Gasteiger partial charge in [-0.2, -0.15) is 18.4 Å². The predicted molar refractivity (Wildman–Crippen MR) is 88.1 cm³/mol. The molecule has 0 amide bonds. The summed E-state index contributed by atoms with van der Waals surface area (Å²) in [6.45, 7) is 0.988. The van der Waals surface area contributed by atoms with E-state index < -0.39 is 35.8 Å². The van der Waals surface area contributed by atoms with Crippen LogP contribution in [-0.4, -0.2) is 31.3 Å². The third-order valence-electron chi connectivity index (χ3n) is 3.42. The second kappa shape index (κ2) is 8.40. The van der Waals surface area contributed by atoms with Crippen molar-refractivity contribution in [2.45, 2.75) is 13.1 Å². The molecule has 0 atom stereocenters. The average molecular weight is 380 g/mol. The molecule has 142 valence electrons. The summed E-state index contributed by atoms with van der Waals surface area (Å²) in [5, 5.41) is 9.16. The number of pyridine rings is 1. The van der Waals surface area contributed by atoms with E-state index in [9.17, 15) is 18.0 Å². The van der Waals surface area contributed by atoms with Gasteiger partial charge in [-0.25, -0.2) is 9.78 Å². The lowest BCUT2D eigenvalue weighted by molar-refractivity contribution is -0.145. The molecule has 1 aromatic carbocycles. The Morgan fingerprint density at radius 3 is 2.44 bits per heavy atom. The molecule has 0 saturated carbocycles. The number of halogens is 3. The van der Waals surface area contributed by atoms with Crippen molar-refractivity contribution in [2.75, 3.05) is 20.3 Å². The smallest absolute Gasteiger partial charge is 0.417 e. The van der Waals surface area contributed by atoms with Crippen LogP contribution < -0.4 is 9.47 Å². The normalized spacial score (nSPS) is 10.8. The lowest BCUT2D eigenvalue weighted by atomic mass is 10.0. The zero-order valence-electron chi connectivity index (χ0n) is 14.5. The molecule has 6 nitrogen and oxygen atoms in total. The maximum atomic E-state index is 13.4. The average Bonchev–Trinajstić information content (AvgIpc) is 2.65. The molecule has 0 saturated heterocycles. The van der Waals surface area contributed by atoms with E-state index in [0.29, 0.717) is 11.3 Å². The number of alkyl halides is 3. The highest BCUT2D eigenvalue weighted by atomic mass is 19.4. The predicted octanol–water partition coefficient (Wildman–Crippen LogP) is 3.59. The highest BCUT2D eigenvalue weighted by Crippen LogP contribution is 2.37. The fourth-order valence-corrected chi connectivity index (χ4v) is 2.20. The highest BCUT2D eigenvalue weighted by molar-refractivity contribution is 5.71. The summed E-state index contributed by atoms with van der Waals surface area (Å²) in [7, 11) is 1.46. The van der Waals surface area contributed by atoms with Crippen LogP contribution in [0.3, 0.4) is 0 Å². The van der Waals surface area contributed by atoms with Crippen molar-refractivity contribution in [2.24, 2.45) is 0 Å². The molecule has 27 heavy (non-hydrogen) atoms. The van der Waals surface area contributed by atoms with Crippen molar-refractivity contribution >= 4 is 5.97 Å². The van der Waals surface area contributed by atoms with Crippen LogP contribution >= 0.6 is 0 Å². The Balaban J connectivity index is 2.52. The van der Waals surface area contributed by atoms with Crippen molar-refractivity contribution in [1.82, 2.24) is 4.98 Å². The number of ether oxygens (including phenoxy) is 3. The quantitative estimate of drug-likeness (QED) is 0.713. The third kappa shape index (κ3) is 4.88. The largest absolute Gasteiger partial charge is 0.497 e. The number of carbonyl (C=O) groups is 1. The first-order chi connectivity index (χ1) is 12.8. The molecular weight excluding hydrogens is 365 g/mol. The van der Waals surface area contributed by atoms with Gasteiger partial charge < -0.3 is 14.2 Å². The maximum absolute atomic E-state index is 13.4. The Morgan fingerprint density at radius 2 is 1.93 bits per heavy atom. The highest BCUT2D eigenvalue weighted by Gasteiger charge is 2.36. The number of hydrogen-bond donors (Lipinski definition) is 0. The standard InChI is InChI=1S/C18H15F3N2O4/c1-3-26-16(24)10-27-17-13(9-22)14(18(19,20)21)8-15(23-17)11-4-6-12(25-2)7-5-11/h4-8H,3,10H2,1-2H3. The van der Waals surface area contributed by atoms with Gasteiger partial charge in [0.25, 0.3) is 0 Å². The number of nitrogens with zero attached hydrogens (tertiary/aromatic N) is 2. The second-order valence-electron chi connectivity index (χ2n) is 5.17. The molecule has 0 aliphatic rings. The number of methoxy groups -OCH3 is 1. The van der Waals surface area contributed by atoms with Crippen LogP contribution in [0.1, 0.15) is 18.1 Å². The molecule has 0 fully saturated rings. The monoisotopic (exact) mass is 380 g/mol. The molecule has 0 bridgehead atoms. The molecule has 1 aromatic heterocycles. The fourth-order valence-electron chi connectivity index (χ4n) is 2.20. The summed E-state index contributed by atoms with van der Waals surface area (Å²) in [6, 6.07) is 8.35. The van der Waals surface area contributed by atoms with Gasteiger partial charge in [0.05, 0.1) is 25.0 Å². The van der Waals surface area contributed by atoms with Crippen molar-refractivity contribution in [3.8, 4) is 29.0 Å². The number of aromatic nitrogens is 1. The topological polar surface area (TPSA) is 81.4 Å². The summed E-state index contributed by atoms with van der Waals surface area (Å²) in [4.78, 5) is 15.4. The van der Waals surface area contributed by atoms with Crippen LogP contribution in [0, 0.1) is 11.3 Å². The molecule has 0 unspecified atom stereocenters. The molecule has 1 heterocycles.